The Morgan fingerprint density at radius 2 is 1.75 bits per heavy atom. The lowest BCUT2D eigenvalue weighted by atomic mass is 9.96. The molecule has 0 bridgehead atoms. The molecule has 0 aliphatic carbocycles. The highest BCUT2D eigenvalue weighted by Crippen LogP contribution is 2.21. The number of rotatable bonds is 5. The molecule has 0 radical (unpaired) electrons. The first-order valence-corrected chi connectivity index (χ1v) is 10.5. The third-order valence-electron chi connectivity index (χ3n) is 5.92. The van der Waals surface area contributed by atoms with Gasteiger partial charge in [-0.1, -0.05) is 11.6 Å². The van der Waals surface area contributed by atoms with Crippen LogP contribution in [0.5, 0.6) is 0 Å². The number of aromatic nitrogens is 2. The average molecular weight is 402 g/mol. The molecule has 4 rings (SSSR count). The van der Waals surface area contributed by atoms with E-state index < -0.39 is 0 Å². The zero-order chi connectivity index (χ0) is 19.3. The molecule has 1 aromatic heterocycles. The fraction of sp³-hybridized carbons (Fsp3) is 0.524. The molecule has 28 heavy (non-hydrogen) atoms. The van der Waals surface area contributed by atoms with Gasteiger partial charge in [-0.25, -0.2) is 4.98 Å². The van der Waals surface area contributed by atoms with Crippen molar-refractivity contribution in [2.75, 3.05) is 50.7 Å². The number of halogens is 1. The molecule has 1 aromatic carbocycles. The number of piperidine rings is 1. The van der Waals surface area contributed by atoms with Crippen LogP contribution in [0.25, 0.3) is 0 Å². The van der Waals surface area contributed by atoms with E-state index in [1.807, 2.05) is 47.9 Å². The first-order valence-electron chi connectivity index (χ1n) is 10.1. The van der Waals surface area contributed by atoms with Crippen LogP contribution in [0.15, 0.2) is 43.0 Å². The van der Waals surface area contributed by atoms with Gasteiger partial charge < -0.3 is 14.4 Å². The van der Waals surface area contributed by atoms with Crippen molar-refractivity contribution in [3.63, 3.8) is 0 Å². The van der Waals surface area contributed by atoms with E-state index in [-0.39, 0.29) is 5.91 Å². The van der Waals surface area contributed by atoms with Gasteiger partial charge in [-0.2, -0.15) is 0 Å². The molecule has 0 spiro atoms. The van der Waals surface area contributed by atoms with E-state index in [2.05, 4.69) is 19.4 Å². The van der Waals surface area contributed by atoms with E-state index in [1.165, 1.54) is 5.69 Å². The second kappa shape index (κ2) is 8.97. The van der Waals surface area contributed by atoms with Gasteiger partial charge in [0.05, 0.1) is 12.9 Å². The lowest BCUT2D eigenvalue weighted by molar-refractivity contribution is -0.133. The zero-order valence-electron chi connectivity index (χ0n) is 16.2. The van der Waals surface area contributed by atoms with Gasteiger partial charge in [0.25, 0.3) is 0 Å². The molecule has 7 heteroatoms. The summed E-state index contributed by atoms with van der Waals surface area (Å²) in [5, 5.41) is 0.756. The molecule has 3 heterocycles. The van der Waals surface area contributed by atoms with Crippen molar-refractivity contribution in [2.45, 2.75) is 19.4 Å². The summed E-state index contributed by atoms with van der Waals surface area (Å²) in [4.78, 5) is 23.5. The molecule has 0 atom stereocenters. The topological polar surface area (TPSA) is 44.6 Å². The number of amides is 1. The first-order chi connectivity index (χ1) is 13.7. The van der Waals surface area contributed by atoms with Crippen molar-refractivity contribution in [2.24, 2.45) is 5.92 Å². The summed E-state index contributed by atoms with van der Waals surface area (Å²) >= 11 is 5.97. The van der Waals surface area contributed by atoms with Gasteiger partial charge in [-0.05, 0) is 56.1 Å². The molecule has 2 aliphatic heterocycles. The normalized spacial score (nSPS) is 19.2. The molecule has 2 fully saturated rings. The van der Waals surface area contributed by atoms with Crippen LogP contribution in [0.1, 0.15) is 12.8 Å². The number of hydrogen-bond donors (Lipinski definition) is 0. The van der Waals surface area contributed by atoms with Gasteiger partial charge >= 0.3 is 0 Å². The average Bonchev–Trinajstić information content (AvgIpc) is 3.23. The van der Waals surface area contributed by atoms with Crippen LogP contribution in [-0.4, -0.2) is 71.1 Å². The number of hydrogen-bond acceptors (Lipinski definition) is 4. The number of nitrogens with zero attached hydrogens (tertiary/aromatic N) is 5. The van der Waals surface area contributed by atoms with Crippen LogP contribution in [-0.2, 0) is 11.3 Å². The van der Waals surface area contributed by atoms with Crippen LogP contribution in [0.3, 0.4) is 0 Å². The minimum atomic E-state index is 0.267. The molecule has 2 saturated heterocycles. The molecule has 1 amide bonds. The molecular formula is C21H28ClN5O. The summed E-state index contributed by atoms with van der Waals surface area (Å²) in [6, 6.07) is 7.94. The van der Waals surface area contributed by atoms with Gasteiger partial charge in [0.1, 0.15) is 0 Å². The maximum Gasteiger partial charge on any atom is 0.236 e. The van der Waals surface area contributed by atoms with Crippen LogP contribution >= 0.6 is 11.6 Å². The molecule has 0 saturated carbocycles. The van der Waals surface area contributed by atoms with Crippen molar-refractivity contribution >= 4 is 23.2 Å². The van der Waals surface area contributed by atoms with Gasteiger partial charge in [0.15, 0.2) is 0 Å². The van der Waals surface area contributed by atoms with E-state index in [9.17, 15) is 4.79 Å². The Balaban J connectivity index is 1.19. The smallest absolute Gasteiger partial charge is 0.236 e. The zero-order valence-corrected chi connectivity index (χ0v) is 17.0. The van der Waals surface area contributed by atoms with Crippen molar-refractivity contribution in [3.05, 3.63) is 48.0 Å². The minimum absolute atomic E-state index is 0.267. The lowest BCUT2D eigenvalue weighted by Gasteiger charge is -2.38. The minimum Gasteiger partial charge on any atom is -0.368 e. The van der Waals surface area contributed by atoms with E-state index in [0.717, 1.165) is 63.7 Å². The van der Waals surface area contributed by atoms with Gasteiger partial charge in [-0.15, -0.1) is 0 Å². The van der Waals surface area contributed by atoms with Gasteiger partial charge in [0.2, 0.25) is 5.91 Å². The van der Waals surface area contributed by atoms with Gasteiger partial charge in [0, 0.05) is 55.8 Å². The van der Waals surface area contributed by atoms with Crippen molar-refractivity contribution in [1.82, 2.24) is 19.4 Å². The highest BCUT2D eigenvalue weighted by Gasteiger charge is 2.25. The van der Waals surface area contributed by atoms with E-state index in [0.29, 0.717) is 12.5 Å². The summed E-state index contributed by atoms with van der Waals surface area (Å²) in [5.74, 6) is 0.951. The molecule has 6 nitrogen and oxygen atoms in total. The highest BCUT2D eigenvalue weighted by molar-refractivity contribution is 6.30. The fourth-order valence-corrected chi connectivity index (χ4v) is 4.30. The van der Waals surface area contributed by atoms with Crippen LogP contribution in [0, 0.1) is 5.92 Å². The fourth-order valence-electron chi connectivity index (χ4n) is 4.18. The Hall–Kier alpha value is -2.05. The number of imidazole rings is 1. The third-order valence-corrected chi connectivity index (χ3v) is 6.17. The number of benzene rings is 1. The molecule has 150 valence electrons. The second-order valence-electron chi connectivity index (χ2n) is 7.82. The Labute approximate surface area is 171 Å². The van der Waals surface area contributed by atoms with Crippen LogP contribution in [0.2, 0.25) is 5.02 Å². The SMILES string of the molecule is O=C(CN1CCC(Cn2ccnc2)CC1)N1CCN(c2ccc(Cl)cc2)CC1. The number of anilines is 1. The van der Waals surface area contributed by atoms with E-state index in [1.54, 1.807) is 0 Å². The van der Waals surface area contributed by atoms with Gasteiger partial charge in [-0.3, -0.25) is 9.69 Å². The second-order valence-corrected chi connectivity index (χ2v) is 8.26. The molecular weight excluding hydrogens is 374 g/mol. The number of piperazine rings is 1. The summed E-state index contributed by atoms with van der Waals surface area (Å²) in [5.41, 5.74) is 1.18. The van der Waals surface area contributed by atoms with Crippen molar-refractivity contribution in [3.8, 4) is 0 Å². The van der Waals surface area contributed by atoms with Crippen LogP contribution in [0.4, 0.5) is 5.69 Å². The predicted molar refractivity (Wildman–Crippen MR) is 112 cm³/mol. The summed E-state index contributed by atoms with van der Waals surface area (Å²) in [7, 11) is 0. The Kier molecular flexibility index (Phi) is 6.17. The molecule has 2 aromatic rings. The third kappa shape index (κ3) is 4.86. The quantitative estimate of drug-likeness (QED) is 0.772. The van der Waals surface area contributed by atoms with Crippen LogP contribution < -0.4 is 4.90 Å². The number of carbonyl (C=O) groups is 1. The lowest BCUT2D eigenvalue weighted by Crippen LogP contribution is -2.52. The summed E-state index contributed by atoms with van der Waals surface area (Å²) in [6.45, 7) is 6.94. The van der Waals surface area contributed by atoms with Crippen molar-refractivity contribution < 1.29 is 4.79 Å². The highest BCUT2D eigenvalue weighted by atomic mass is 35.5. The summed E-state index contributed by atoms with van der Waals surface area (Å²) < 4.78 is 2.16. The van der Waals surface area contributed by atoms with E-state index >= 15 is 0 Å². The largest absolute Gasteiger partial charge is 0.368 e. The first kappa shape index (κ1) is 19.3. The predicted octanol–water partition coefficient (Wildman–Crippen LogP) is 2.60. The summed E-state index contributed by atoms with van der Waals surface area (Å²) in [6.07, 6.45) is 8.05. The maximum absolute atomic E-state index is 12.7. The molecule has 2 aliphatic rings. The number of likely N-dealkylation sites (tertiary alicyclic amines) is 1. The monoisotopic (exact) mass is 401 g/mol. The van der Waals surface area contributed by atoms with E-state index in [4.69, 9.17) is 11.6 Å². The Morgan fingerprint density at radius 1 is 1.04 bits per heavy atom. The molecule has 0 unspecified atom stereocenters. The number of carbonyl (C=O) groups excluding carboxylic acids is 1. The Morgan fingerprint density at radius 3 is 2.39 bits per heavy atom. The Bertz CT molecular complexity index is 748. The maximum atomic E-state index is 12.7. The van der Waals surface area contributed by atoms with Crippen molar-refractivity contribution in [1.29, 1.82) is 0 Å². The standard InChI is InChI=1S/C21H28ClN5O/c22-19-1-3-20(4-2-19)26-11-13-27(14-12-26)21(28)16-24-8-5-18(6-9-24)15-25-10-7-23-17-25/h1-4,7,10,17-18H,5-6,8-9,11-16H2. The molecule has 0 N–H and O–H groups in total.